The predicted molar refractivity (Wildman–Crippen MR) is 189 cm³/mol. The zero-order valence-electron chi connectivity index (χ0n) is 30.3. The maximum absolute atomic E-state index is 13.3. The topological polar surface area (TPSA) is 216 Å². The lowest BCUT2D eigenvalue weighted by Gasteiger charge is -2.35. The molecule has 55 heavy (non-hydrogen) atoms. The fourth-order valence-corrected chi connectivity index (χ4v) is 5.38. The second-order valence-corrected chi connectivity index (χ2v) is 12.0. The van der Waals surface area contributed by atoms with Crippen LogP contribution in [-0.2, 0) is 25.7 Å². The first-order chi connectivity index (χ1) is 26.0. The molecule has 1 atom stereocenters. The molecule has 298 valence electrons. The van der Waals surface area contributed by atoms with Crippen LogP contribution in [0.3, 0.4) is 0 Å². The van der Waals surface area contributed by atoms with E-state index in [1.807, 2.05) is 13.8 Å². The Bertz CT molecular complexity index is 1860. The van der Waals surface area contributed by atoms with Crippen LogP contribution in [0.25, 0.3) is 10.9 Å². The number of hydrogen-bond donors (Lipinski definition) is 4. The molecule has 0 aliphatic carbocycles. The molecule has 1 fully saturated rings. The molecule has 16 nitrogen and oxygen atoms in total. The summed E-state index contributed by atoms with van der Waals surface area (Å²) < 4.78 is 43.1. The maximum atomic E-state index is 13.3. The molecule has 3 aromatic rings. The molecule has 1 saturated heterocycles. The third-order valence-electron chi connectivity index (χ3n) is 8.41. The highest BCUT2D eigenvalue weighted by Crippen LogP contribution is 2.33. The standard InChI is InChI=1S/C34H41N5O9.C2HF3O2/c1-4-37(5-2)21-23-12-11-22(32(42)43)19-28(23)48-29-20-27(36-26-10-8-7-9-24(26)29)30(40)35-14-13-25(33(44)45)31(41)38-15-17-39(18-16-38)34(46)47-6-3;3-2(4,5)1(6)7/h7-12,19-20,25H,4-6,13-18,21H2,1-3H3,(H,35,40)(H,42,43)(H,44,45);(H,6,7). The minimum Gasteiger partial charge on any atom is -0.481 e. The predicted octanol–water partition coefficient (Wildman–Crippen LogP) is 4.32. The van der Waals surface area contributed by atoms with Gasteiger partial charge in [0.15, 0.2) is 0 Å². The molecular formula is C36H42F3N5O11. The second-order valence-electron chi connectivity index (χ2n) is 12.0. The number of carbonyl (C=O) groups is 6. The molecule has 1 aliphatic rings. The van der Waals surface area contributed by atoms with E-state index in [4.69, 9.17) is 19.4 Å². The SMILES string of the molecule is CCOC(=O)N1CCN(C(=O)C(CCNC(=O)c2cc(Oc3cc(C(=O)O)ccc3CN(CC)CC)c3ccccc3n2)C(=O)O)CC1.O=C(O)C(F)(F)F. The van der Waals surface area contributed by atoms with Crippen LogP contribution in [0.15, 0.2) is 48.5 Å². The van der Waals surface area contributed by atoms with Crippen LogP contribution in [0.4, 0.5) is 18.0 Å². The van der Waals surface area contributed by atoms with Crippen molar-refractivity contribution in [1.29, 1.82) is 0 Å². The lowest BCUT2D eigenvalue weighted by Crippen LogP contribution is -2.53. The number of carboxylic acids is 3. The highest BCUT2D eigenvalue weighted by Gasteiger charge is 2.38. The van der Waals surface area contributed by atoms with Crippen molar-refractivity contribution < 1.29 is 66.7 Å². The van der Waals surface area contributed by atoms with Crippen LogP contribution >= 0.6 is 0 Å². The number of ether oxygens (including phenoxy) is 2. The Hall–Kier alpha value is -5.98. The Balaban J connectivity index is 0.00000106. The van der Waals surface area contributed by atoms with Crippen LogP contribution in [-0.4, -0.2) is 129 Å². The molecule has 1 aliphatic heterocycles. The van der Waals surface area contributed by atoms with E-state index in [9.17, 15) is 47.4 Å². The van der Waals surface area contributed by atoms with Gasteiger partial charge in [-0.05, 0) is 50.7 Å². The fraction of sp³-hybridized carbons (Fsp3) is 0.417. The van der Waals surface area contributed by atoms with Gasteiger partial charge in [0.05, 0.1) is 17.7 Å². The number of aromatic nitrogens is 1. The van der Waals surface area contributed by atoms with E-state index in [1.54, 1.807) is 37.3 Å². The average Bonchev–Trinajstić information content (AvgIpc) is 3.15. The fourth-order valence-electron chi connectivity index (χ4n) is 5.38. The number of carbonyl (C=O) groups excluding carboxylic acids is 3. The van der Waals surface area contributed by atoms with Gasteiger partial charge in [0, 0.05) is 56.3 Å². The van der Waals surface area contributed by atoms with Crippen LogP contribution in [0.1, 0.15) is 53.6 Å². The third kappa shape index (κ3) is 12.3. The summed E-state index contributed by atoms with van der Waals surface area (Å²) in [6.45, 7) is 8.72. The van der Waals surface area contributed by atoms with Crippen LogP contribution in [0.5, 0.6) is 11.5 Å². The monoisotopic (exact) mass is 777 g/mol. The van der Waals surface area contributed by atoms with Crippen LogP contribution in [0, 0.1) is 5.92 Å². The molecule has 0 spiro atoms. The van der Waals surface area contributed by atoms with E-state index in [2.05, 4.69) is 15.2 Å². The number of aromatic carboxylic acids is 1. The summed E-state index contributed by atoms with van der Waals surface area (Å²) in [5.41, 5.74) is 1.27. The zero-order valence-corrected chi connectivity index (χ0v) is 30.3. The van der Waals surface area contributed by atoms with Gasteiger partial charge in [-0.25, -0.2) is 19.4 Å². The molecule has 4 N–H and O–H groups in total. The Kier molecular flexibility index (Phi) is 15.7. The first-order valence-corrected chi connectivity index (χ1v) is 17.2. The zero-order chi connectivity index (χ0) is 40.9. The molecule has 3 amide bonds. The number of piperazine rings is 1. The summed E-state index contributed by atoms with van der Waals surface area (Å²) in [6.07, 6.45) is -5.72. The van der Waals surface area contributed by atoms with Gasteiger partial charge in [-0.1, -0.05) is 32.0 Å². The summed E-state index contributed by atoms with van der Waals surface area (Å²) in [4.78, 5) is 80.6. The summed E-state index contributed by atoms with van der Waals surface area (Å²) in [5.74, 6) is -7.15. The Morgan fingerprint density at radius 2 is 1.51 bits per heavy atom. The quantitative estimate of drug-likeness (QED) is 0.168. The number of fused-ring (bicyclic) bond motifs is 1. The molecular weight excluding hydrogens is 735 g/mol. The van der Waals surface area contributed by atoms with Crippen molar-refractivity contribution >= 4 is 46.7 Å². The van der Waals surface area contributed by atoms with Gasteiger partial charge in [-0.2, -0.15) is 13.2 Å². The minimum atomic E-state index is -5.08. The second kappa shape index (κ2) is 19.9. The van der Waals surface area contributed by atoms with E-state index >= 15 is 0 Å². The third-order valence-corrected chi connectivity index (χ3v) is 8.41. The van der Waals surface area contributed by atoms with Crippen molar-refractivity contribution in [3.05, 3.63) is 65.4 Å². The number of halogens is 3. The van der Waals surface area contributed by atoms with E-state index in [-0.39, 0.29) is 62.8 Å². The van der Waals surface area contributed by atoms with Crippen LogP contribution < -0.4 is 10.1 Å². The number of nitrogens with one attached hydrogen (secondary N) is 1. The van der Waals surface area contributed by atoms with Crippen molar-refractivity contribution in [2.45, 2.75) is 39.9 Å². The van der Waals surface area contributed by atoms with Crippen molar-refractivity contribution in [3.63, 3.8) is 0 Å². The van der Waals surface area contributed by atoms with E-state index in [0.29, 0.717) is 23.2 Å². The van der Waals surface area contributed by atoms with Gasteiger partial charge in [0.25, 0.3) is 5.91 Å². The van der Waals surface area contributed by atoms with E-state index in [0.717, 1.165) is 18.7 Å². The Morgan fingerprint density at radius 3 is 2.07 bits per heavy atom. The number of alkyl halides is 3. The average molecular weight is 778 g/mol. The first kappa shape index (κ1) is 43.4. The maximum Gasteiger partial charge on any atom is 0.490 e. The molecule has 2 heterocycles. The molecule has 0 bridgehead atoms. The lowest BCUT2D eigenvalue weighted by molar-refractivity contribution is -0.192. The number of rotatable bonds is 14. The first-order valence-electron chi connectivity index (χ1n) is 17.2. The number of pyridine rings is 1. The summed E-state index contributed by atoms with van der Waals surface area (Å²) in [5, 5.41) is 29.8. The summed E-state index contributed by atoms with van der Waals surface area (Å²) in [6, 6.07) is 13.2. The number of carboxylic acid groups (broad SMARTS) is 3. The van der Waals surface area contributed by atoms with Crippen molar-refractivity contribution in [2.24, 2.45) is 5.92 Å². The largest absolute Gasteiger partial charge is 0.490 e. The minimum absolute atomic E-state index is 0.00308. The molecule has 2 aromatic carbocycles. The van der Waals surface area contributed by atoms with Gasteiger partial charge in [-0.15, -0.1) is 0 Å². The molecule has 19 heteroatoms. The van der Waals surface area contributed by atoms with Crippen molar-refractivity contribution in [2.75, 3.05) is 52.4 Å². The molecule has 0 saturated carbocycles. The number of amides is 3. The number of benzene rings is 2. The molecule has 1 unspecified atom stereocenters. The molecule has 1 aromatic heterocycles. The van der Waals surface area contributed by atoms with Crippen molar-refractivity contribution in [1.82, 2.24) is 25.0 Å². The van der Waals surface area contributed by atoms with E-state index < -0.39 is 47.9 Å². The van der Waals surface area contributed by atoms with Gasteiger partial charge < -0.3 is 39.9 Å². The normalized spacial score (nSPS) is 13.4. The molecule has 0 radical (unpaired) electrons. The smallest absolute Gasteiger partial charge is 0.481 e. The summed E-state index contributed by atoms with van der Waals surface area (Å²) in [7, 11) is 0. The Morgan fingerprint density at radius 1 is 0.891 bits per heavy atom. The van der Waals surface area contributed by atoms with Gasteiger partial charge in [0.2, 0.25) is 5.91 Å². The molecule has 4 rings (SSSR count). The number of para-hydroxylation sites is 1. The van der Waals surface area contributed by atoms with Gasteiger partial charge in [0.1, 0.15) is 23.1 Å². The Labute approximate surface area is 313 Å². The van der Waals surface area contributed by atoms with Crippen molar-refractivity contribution in [3.8, 4) is 11.5 Å². The number of hydrogen-bond acceptors (Lipinski definition) is 10. The van der Waals surface area contributed by atoms with Crippen LogP contribution in [0.2, 0.25) is 0 Å². The van der Waals surface area contributed by atoms with Gasteiger partial charge in [-0.3, -0.25) is 19.3 Å². The van der Waals surface area contributed by atoms with E-state index in [1.165, 1.54) is 28.0 Å². The lowest BCUT2D eigenvalue weighted by atomic mass is 10.0. The number of nitrogens with zero attached hydrogens (tertiary/aromatic N) is 4. The number of aliphatic carboxylic acids is 2. The highest BCUT2D eigenvalue weighted by molar-refractivity contribution is 5.98. The summed E-state index contributed by atoms with van der Waals surface area (Å²) >= 11 is 0. The van der Waals surface area contributed by atoms with Gasteiger partial charge >= 0.3 is 30.2 Å². The highest BCUT2D eigenvalue weighted by atomic mass is 19.4.